The van der Waals surface area contributed by atoms with E-state index in [4.69, 9.17) is 4.42 Å². The van der Waals surface area contributed by atoms with Crippen LogP contribution in [-0.4, -0.2) is 20.2 Å². The van der Waals surface area contributed by atoms with E-state index in [1.165, 1.54) is 6.07 Å². The van der Waals surface area contributed by atoms with Crippen LogP contribution in [-0.2, 0) is 10.0 Å². The number of carbonyl (C=O) groups is 1. The molecule has 160 valence electrons. The van der Waals surface area contributed by atoms with Gasteiger partial charge in [0.15, 0.2) is 5.84 Å². The number of sulfonamides is 1. The van der Waals surface area contributed by atoms with Crippen molar-refractivity contribution in [1.82, 2.24) is 5.32 Å². The Hall–Kier alpha value is -3.91. The molecule has 32 heavy (non-hydrogen) atoms. The second kappa shape index (κ2) is 7.65. The van der Waals surface area contributed by atoms with Gasteiger partial charge in [0.1, 0.15) is 16.2 Å². The van der Waals surface area contributed by atoms with Gasteiger partial charge in [0.2, 0.25) is 0 Å². The van der Waals surface area contributed by atoms with Gasteiger partial charge in [-0.1, -0.05) is 30.3 Å². The van der Waals surface area contributed by atoms with Crippen LogP contribution in [0.3, 0.4) is 0 Å². The maximum absolute atomic E-state index is 12.7. The molecular formula is C24H19N3O4S. The van der Waals surface area contributed by atoms with Gasteiger partial charge >= 0.3 is 0 Å². The Kier molecular flexibility index (Phi) is 4.79. The zero-order chi connectivity index (χ0) is 22.3. The third-order valence-corrected chi connectivity index (χ3v) is 6.60. The van der Waals surface area contributed by atoms with E-state index in [0.29, 0.717) is 22.6 Å². The highest BCUT2D eigenvalue weighted by molar-refractivity contribution is 7.90. The van der Waals surface area contributed by atoms with Gasteiger partial charge in [-0.05, 0) is 55.5 Å². The molecule has 1 amide bonds. The van der Waals surface area contributed by atoms with Crippen LogP contribution >= 0.6 is 0 Å². The van der Waals surface area contributed by atoms with Gasteiger partial charge in [-0.25, -0.2) is 0 Å². The fourth-order valence-corrected chi connectivity index (χ4v) is 4.78. The monoisotopic (exact) mass is 445 g/mol. The molecule has 4 aromatic rings. The Bertz CT molecular complexity index is 1440. The van der Waals surface area contributed by atoms with Crippen LogP contribution in [0.5, 0.6) is 0 Å². The third-order valence-electron chi connectivity index (χ3n) is 5.26. The molecule has 1 atom stereocenters. The van der Waals surface area contributed by atoms with Crippen LogP contribution < -0.4 is 10.6 Å². The number of para-hydroxylation sites is 1. The number of nitrogens with one attached hydrogen (secondary N) is 2. The van der Waals surface area contributed by atoms with Crippen molar-refractivity contribution < 1.29 is 17.6 Å². The lowest BCUT2D eigenvalue weighted by Gasteiger charge is -2.12. The summed E-state index contributed by atoms with van der Waals surface area (Å²) in [6, 6.07) is 22.7. The molecule has 2 N–H and O–H groups in total. The van der Waals surface area contributed by atoms with Gasteiger partial charge in [-0.15, -0.1) is 4.40 Å². The van der Waals surface area contributed by atoms with E-state index in [1.54, 1.807) is 42.5 Å². The maximum atomic E-state index is 12.7. The summed E-state index contributed by atoms with van der Waals surface area (Å²) < 4.78 is 34.0. The van der Waals surface area contributed by atoms with Gasteiger partial charge in [0, 0.05) is 22.2 Å². The van der Waals surface area contributed by atoms with Crippen molar-refractivity contribution in [2.24, 2.45) is 4.40 Å². The molecule has 0 fully saturated rings. The lowest BCUT2D eigenvalue weighted by molar-refractivity contribution is 0.0935. The number of anilines is 1. The van der Waals surface area contributed by atoms with Gasteiger partial charge in [-0.2, -0.15) is 8.42 Å². The highest BCUT2D eigenvalue weighted by Gasteiger charge is 2.28. The summed E-state index contributed by atoms with van der Waals surface area (Å²) in [5.74, 6) is 0.698. The third kappa shape index (κ3) is 3.65. The normalized spacial score (nSPS) is 15.1. The van der Waals surface area contributed by atoms with Gasteiger partial charge in [0.05, 0.1) is 6.04 Å². The van der Waals surface area contributed by atoms with Crippen LogP contribution in [0.1, 0.15) is 34.6 Å². The molecule has 2 heterocycles. The first-order valence-corrected chi connectivity index (χ1v) is 11.5. The Labute approximate surface area is 184 Å². The second-order valence-corrected chi connectivity index (χ2v) is 9.07. The van der Waals surface area contributed by atoms with Crippen molar-refractivity contribution in [3.05, 3.63) is 95.7 Å². The number of amides is 1. The predicted octanol–water partition coefficient (Wildman–Crippen LogP) is 4.48. The summed E-state index contributed by atoms with van der Waals surface area (Å²) in [5, 5.41) is 6.94. The summed E-state index contributed by atoms with van der Waals surface area (Å²) in [6.45, 7) is 1.86. The van der Waals surface area contributed by atoms with Crippen molar-refractivity contribution in [2.75, 3.05) is 5.32 Å². The zero-order valence-electron chi connectivity index (χ0n) is 17.1. The molecule has 5 rings (SSSR count). The van der Waals surface area contributed by atoms with Crippen molar-refractivity contribution >= 4 is 38.4 Å². The van der Waals surface area contributed by atoms with Crippen molar-refractivity contribution in [2.45, 2.75) is 17.9 Å². The van der Waals surface area contributed by atoms with Crippen LogP contribution in [0, 0.1) is 0 Å². The molecule has 1 aliphatic rings. The largest absolute Gasteiger partial charge is 0.459 e. The van der Waals surface area contributed by atoms with E-state index in [1.807, 2.05) is 37.3 Å². The molecular weight excluding hydrogens is 426 g/mol. The second-order valence-electron chi connectivity index (χ2n) is 7.50. The van der Waals surface area contributed by atoms with Crippen molar-refractivity contribution in [3.63, 3.8) is 0 Å². The molecule has 0 radical (unpaired) electrons. The average molecular weight is 446 g/mol. The fourth-order valence-electron chi connectivity index (χ4n) is 3.60. The molecule has 0 spiro atoms. The number of rotatable bonds is 4. The molecule has 0 unspecified atom stereocenters. The number of hydrogen-bond acceptors (Lipinski definition) is 5. The SMILES string of the molecule is C[C@H](NC(=O)c1ccc(NC2=NS(=O)(=O)c3ccccc32)cc1)c1cc2ccccc2o1. The average Bonchev–Trinajstić information content (AvgIpc) is 3.33. The van der Waals surface area contributed by atoms with E-state index in [-0.39, 0.29) is 22.7 Å². The number of fused-ring (bicyclic) bond motifs is 2. The molecule has 7 nitrogen and oxygen atoms in total. The minimum Gasteiger partial charge on any atom is -0.459 e. The maximum Gasteiger partial charge on any atom is 0.285 e. The van der Waals surface area contributed by atoms with Gasteiger partial charge in [-0.3, -0.25) is 4.79 Å². The smallest absolute Gasteiger partial charge is 0.285 e. The van der Waals surface area contributed by atoms with Crippen LogP contribution in [0.4, 0.5) is 5.69 Å². The number of carbonyl (C=O) groups excluding carboxylic acids is 1. The Morgan fingerprint density at radius 3 is 2.47 bits per heavy atom. The van der Waals surface area contributed by atoms with Crippen LogP contribution in [0.15, 0.2) is 92.6 Å². The molecule has 0 bridgehead atoms. The number of hydrogen-bond donors (Lipinski definition) is 2. The minimum absolute atomic E-state index is 0.179. The first-order chi connectivity index (χ1) is 15.4. The molecule has 1 aliphatic heterocycles. The summed E-state index contributed by atoms with van der Waals surface area (Å²) in [5.41, 5.74) is 2.39. The Morgan fingerprint density at radius 2 is 1.69 bits per heavy atom. The van der Waals surface area contributed by atoms with Crippen LogP contribution in [0.25, 0.3) is 11.0 Å². The van der Waals surface area contributed by atoms with E-state index in [9.17, 15) is 13.2 Å². The Balaban J connectivity index is 1.29. The number of benzene rings is 3. The van der Waals surface area contributed by atoms with Crippen molar-refractivity contribution in [1.29, 1.82) is 0 Å². The summed E-state index contributed by atoms with van der Waals surface area (Å²) in [6.07, 6.45) is 0. The number of amidine groups is 1. The van der Waals surface area contributed by atoms with Crippen molar-refractivity contribution in [3.8, 4) is 0 Å². The van der Waals surface area contributed by atoms with E-state index in [2.05, 4.69) is 15.0 Å². The van der Waals surface area contributed by atoms with E-state index >= 15 is 0 Å². The molecule has 0 saturated heterocycles. The number of nitrogens with zero attached hydrogens (tertiary/aromatic N) is 1. The van der Waals surface area contributed by atoms with Gasteiger partial charge < -0.3 is 15.1 Å². The first-order valence-electron chi connectivity index (χ1n) is 10.0. The highest BCUT2D eigenvalue weighted by Crippen LogP contribution is 2.27. The van der Waals surface area contributed by atoms with E-state index in [0.717, 1.165) is 11.0 Å². The molecule has 8 heteroatoms. The zero-order valence-corrected chi connectivity index (χ0v) is 17.9. The minimum atomic E-state index is -3.69. The summed E-state index contributed by atoms with van der Waals surface area (Å²) in [7, 11) is -3.69. The lowest BCUT2D eigenvalue weighted by atomic mass is 10.1. The molecule has 3 aromatic carbocycles. The summed E-state index contributed by atoms with van der Waals surface area (Å²) >= 11 is 0. The van der Waals surface area contributed by atoms with Crippen LogP contribution in [0.2, 0.25) is 0 Å². The number of furan rings is 1. The quantitative estimate of drug-likeness (QED) is 0.482. The molecule has 0 aliphatic carbocycles. The van der Waals surface area contributed by atoms with E-state index < -0.39 is 10.0 Å². The summed E-state index contributed by atoms with van der Waals surface area (Å²) in [4.78, 5) is 12.9. The van der Waals surface area contributed by atoms with Gasteiger partial charge in [0.25, 0.3) is 15.9 Å². The standard InChI is InChI=1S/C24H19N3O4S/c1-15(21-14-17-6-2-4-8-20(17)31-21)25-24(28)16-10-12-18(13-11-16)26-23-19-7-3-5-9-22(19)32(29,30)27-23/h2-15H,1H3,(H,25,28)(H,26,27)/t15-/m0/s1. The highest BCUT2D eigenvalue weighted by atomic mass is 32.2. The molecule has 0 saturated carbocycles. The first kappa shape index (κ1) is 20.0. The lowest BCUT2D eigenvalue weighted by Crippen LogP contribution is -2.26. The fraction of sp³-hybridized carbons (Fsp3) is 0.0833. The Morgan fingerprint density at radius 1 is 0.969 bits per heavy atom. The molecule has 1 aromatic heterocycles. The topological polar surface area (TPSA) is 101 Å². The predicted molar refractivity (Wildman–Crippen MR) is 122 cm³/mol.